The maximum atomic E-state index is 12.7. The third-order valence-corrected chi connectivity index (χ3v) is 5.83. The standard InChI is InChI=1S/C20H26N8O2/c1-26(2)19(30)16-8-7-15-18(21-17-10-14(23-24-17)12-5-6-12)22-20(25-28(15)16)27-9-3-4-13(27)11-29/h7-8,10,12-13,29H,3-6,9,11H2,1-2H3,(H2,21,22,23,24,25)/t13-/m1/s1. The summed E-state index contributed by atoms with van der Waals surface area (Å²) in [7, 11) is 3.43. The van der Waals surface area contributed by atoms with E-state index in [9.17, 15) is 9.90 Å². The van der Waals surface area contributed by atoms with Crippen molar-refractivity contribution in [1.29, 1.82) is 0 Å². The van der Waals surface area contributed by atoms with Gasteiger partial charge in [-0.05, 0) is 37.8 Å². The molecule has 1 saturated heterocycles. The molecule has 30 heavy (non-hydrogen) atoms. The number of hydrogen-bond donors (Lipinski definition) is 3. The molecule has 1 atom stereocenters. The molecule has 1 aliphatic heterocycles. The third-order valence-electron chi connectivity index (χ3n) is 5.83. The molecule has 3 aromatic rings. The second-order valence-corrected chi connectivity index (χ2v) is 8.26. The molecule has 3 N–H and O–H groups in total. The van der Waals surface area contributed by atoms with Crippen molar-refractivity contribution in [2.45, 2.75) is 37.6 Å². The van der Waals surface area contributed by atoms with Gasteiger partial charge in [-0.2, -0.15) is 10.1 Å². The zero-order valence-electron chi connectivity index (χ0n) is 17.2. The van der Waals surface area contributed by atoms with Crippen molar-refractivity contribution in [2.24, 2.45) is 0 Å². The number of aromatic amines is 1. The average molecular weight is 410 g/mol. The Morgan fingerprint density at radius 2 is 2.17 bits per heavy atom. The summed E-state index contributed by atoms with van der Waals surface area (Å²) < 4.78 is 1.63. The summed E-state index contributed by atoms with van der Waals surface area (Å²) in [4.78, 5) is 21.0. The fourth-order valence-electron chi connectivity index (χ4n) is 4.00. The topological polar surface area (TPSA) is 115 Å². The molecular weight excluding hydrogens is 384 g/mol. The summed E-state index contributed by atoms with van der Waals surface area (Å²) in [5.41, 5.74) is 2.28. The van der Waals surface area contributed by atoms with Crippen molar-refractivity contribution < 1.29 is 9.90 Å². The molecular formula is C20H26N8O2. The number of anilines is 3. The summed E-state index contributed by atoms with van der Waals surface area (Å²) >= 11 is 0. The average Bonchev–Trinajstić information content (AvgIpc) is 3.15. The van der Waals surface area contributed by atoms with Crippen LogP contribution in [0.1, 0.15) is 47.8 Å². The number of amides is 1. The van der Waals surface area contributed by atoms with Gasteiger partial charge in [0.25, 0.3) is 5.91 Å². The minimum atomic E-state index is -0.137. The van der Waals surface area contributed by atoms with Crippen LogP contribution in [-0.2, 0) is 0 Å². The highest BCUT2D eigenvalue weighted by molar-refractivity contribution is 5.94. The summed E-state index contributed by atoms with van der Waals surface area (Å²) in [6.45, 7) is 0.812. The van der Waals surface area contributed by atoms with Crippen LogP contribution < -0.4 is 10.2 Å². The minimum absolute atomic E-state index is 0.0225. The largest absolute Gasteiger partial charge is 0.394 e. The van der Waals surface area contributed by atoms with E-state index in [2.05, 4.69) is 20.6 Å². The van der Waals surface area contributed by atoms with Crippen LogP contribution in [0.2, 0.25) is 0 Å². The number of aromatic nitrogens is 5. The normalized spacial score (nSPS) is 18.9. The molecule has 1 amide bonds. The van der Waals surface area contributed by atoms with Gasteiger partial charge in [0.05, 0.1) is 12.6 Å². The lowest BCUT2D eigenvalue weighted by Crippen LogP contribution is -2.34. The lowest BCUT2D eigenvalue weighted by molar-refractivity contribution is 0.0820. The van der Waals surface area contributed by atoms with Gasteiger partial charge >= 0.3 is 0 Å². The molecule has 0 aromatic carbocycles. The molecule has 0 radical (unpaired) electrons. The SMILES string of the molecule is CN(C)C(=O)c1ccc2c(Nc3cc(C4CC4)[nH]n3)nc(N3CCC[C@@H]3CO)nn12. The molecule has 5 rings (SSSR count). The first-order chi connectivity index (χ1) is 14.5. The number of aliphatic hydroxyl groups is 1. The molecule has 10 heteroatoms. The molecule has 2 fully saturated rings. The van der Waals surface area contributed by atoms with Gasteiger partial charge in [0.15, 0.2) is 11.6 Å². The maximum absolute atomic E-state index is 12.7. The second-order valence-electron chi connectivity index (χ2n) is 8.26. The molecule has 1 saturated carbocycles. The first-order valence-electron chi connectivity index (χ1n) is 10.4. The predicted octanol–water partition coefficient (Wildman–Crippen LogP) is 1.74. The van der Waals surface area contributed by atoms with Gasteiger partial charge in [-0.25, -0.2) is 4.52 Å². The highest BCUT2D eigenvalue weighted by atomic mass is 16.3. The van der Waals surface area contributed by atoms with E-state index < -0.39 is 0 Å². The fraction of sp³-hybridized carbons (Fsp3) is 0.500. The fourth-order valence-corrected chi connectivity index (χ4v) is 4.00. The first-order valence-corrected chi connectivity index (χ1v) is 10.4. The van der Waals surface area contributed by atoms with Crippen molar-refractivity contribution in [1.82, 2.24) is 29.7 Å². The summed E-state index contributed by atoms with van der Waals surface area (Å²) in [6, 6.07) is 5.59. The van der Waals surface area contributed by atoms with Gasteiger partial charge in [-0.1, -0.05) is 0 Å². The van der Waals surface area contributed by atoms with E-state index in [0.717, 1.165) is 25.1 Å². The molecule has 2 aliphatic rings. The van der Waals surface area contributed by atoms with E-state index in [4.69, 9.17) is 4.98 Å². The molecule has 0 spiro atoms. The Balaban J connectivity index is 1.58. The number of hydrogen-bond acceptors (Lipinski definition) is 7. The third kappa shape index (κ3) is 3.26. The molecule has 0 bridgehead atoms. The van der Waals surface area contributed by atoms with E-state index in [1.807, 2.05) is 17.0 Å². The Bertz CT molecular complexity index is 1080. The Kier molecular flexibility index (Phi) is 4.58. The van der Waals surface area contributed by atoms with Crippen LogP contribution in [0.4, 0.5) is 17.6 Å². The zero-order chi connectivity index (χ0) is 20.8. The number of carbonyl (C=O) groups is 1. The van der Waals surface area contributed by atoms with Crippen LogP contribution in [0.3, 0.4) is 0 Å². The Morgan fingerprint density at radius 3 is 2.90 bits per heavy atom. The number of carbonyl (C=O) groups excluding carboxylic acids is 1. The van der Waals surface area contributed by atoms with Crippen molar-refractivity contribution in [3.05, 3.63) is 29.6 Å². The van der Waals surface area contributed by atoms with Crippen molar-refractivity contribution in [3.8, 4) is 0 Å². The molecule has 1 aliphatic carbocycles. The maximum Gasteiger partial charge on any atom is 0.272 e. The van der Waals surface area contributed by atoms with Crippen molar-refractivity contribution in [3.63, 3.8) is 0 Å². The van der Waals surface area contributed by atoms with Gasteiger partial charge in [-0.15, -0.1) is 5.10 Å². The number of fused-ring (bicyclic) bond motifs is 1. The van der Waals surface area contributed by atoms with Crippen LogP contribution in [0, 0.1) is 0 Å². The number of aliphatic hydroxyl groups excluding tert-OH is 1. The van der Waals surface area contributed by atoms with Gasteiger partial charge in [-0.3, -0.25) is 9.89 Å². The molecule has 3 aromatic heterocycles. The van der Waals surface area contributed by atoms with Crippen LogP contribution >= 0.6 is 0 Å². The van der Waals surface area contributed by atoms with Gasteiger partial charge in [0.2, 0.25) is 5.95 Å². The number of H-pyrrole nitrogens is 1. The van der Waals surface area contributed by atoms with Gasteiger partial charge in [0.1, 0.15) is 11.2 Å². The predicted molar refractivity (Wildman–Crippen MR) is 112 cm³/mol. The zero-order valence-corrected chi connectivity index (χ0v) is 17.2. The van der Waals surface area contributed by atoms with E-state index in [-0.39, 0.29) is 18.6 Å². The van der Waals surface area contributed by atoms with Crippen molar-refractivity contribution >= 4 is 29.0 Å². The highest BCUT2D eigenvalue weighted by Gasteiger charge is 2.29. The second kappa shape index (κ2) is 7.28. The van der Waals surface area contributed by atoms with E-state index in [1.54, 1.807) is 24.7 Å². The number of rotatable bonds is 6. The van der Waals surface area contributed by atoms with Crippen LogP contribution in [0.15, 0.2) is 18.2 Å². The van der Waals surface area contributed by atoms with Crippen LogP contribution in [0.5, 0.6) is 0 Å². The minimum Gasteiger partial charge on any atom is -0.394 e. The Hall–Kier alpha value is -3.14. The highest BCUT2D eigenvalue weighted by Crippen LogP contribution is 2.39. The first kappa shape index (κ1) is 18.9. The van der Waals surface area contributed by atoms with Crippen LogP contribution in [0.25, 0.3) is 5.52 Å². The summed E-state index contributed by atoms with van der Waals surface area (Å²) in [5, 5.41) is 25.2. The molecule has 0 unspecified atom stereocenters. The molecule has 4 heterocycles. The van der Waals surface area contributed by atoms with E-state index >= 15 is 0 Å². The van der Waals surface area contributed by atoms with E-state index in [0.29, 0.717) is 34.7 Å². The smallest absolute Gasteiger partial charge is 0.272 e. The number of nitrogens with zero attached hydrogens (tertiary/aromatic N) is 6. The lowest BCUT2D eigenvalue weighted by atomic mass is 10.2. The molecule has 158 valence electrons. The van der Waals surface area contributed by atoms with Crippen LogP contribution in [-0.4, -0.2) is 74.0 Å². The number of nitrogens with one attached hydrogen (secondary N) is 2. The van der Waals surface area contributed by atoms with Gasteiger partial charge in [0, 0.05) is 38.3 Å². The van der Waals surface area contributed by atoms with Gasteiger partial charge < -0.3 is 20.2 Å². The Labute approximate surface area is 173 Å². The van der Waals surface area contributed by atoms with Crippen molar-refractivity contribution in [2.75, 3.05) is 37.5 Å². The summed E-state index contributed by atoms with van der Waals surface area (Å²) in [6.07, 6.45) is 4.24. The quantitative estimate of drug-likeness (QED) is 0.567. The lowest BCUT2D eigenvalue weighted by Gasteiger charge is -2.23. The monoisotopic (exact) mass is 410 g/mol. The Morgan fingerprint density at radius 1 is 1.33 bits per heavy atom. The van der Waals surface area contributed by atoms with E-state index in [1.165, 1.54) is 17.7 Å². The molecule has 10 nitrogen and oxygen atoms in total. The summed E-state index contributed by atoms with van der Waals surface area (Å²) in [5.74, 6) is 2.19.